The molecule has 3 heterocycles. The van der Waals surface area contributed by atoms with Gasteiger partial charge in [-0.2, -0.15) is 5.10 Å². The maximum absolute atomic E-state index is 12.8. The van der Waals surface area contributed by atoms with Crippen LogP contribution in [0, 0.1) is 6.92 Å². The lowest BCUT2D eigenvalue weighted by molar-refractivity contribution is 0.0738. The van der Waals surface area contributed by atoms with E-state index in [0.717, 1.165) is 36.5 Å². The van der Waals surface area contributed by atoms with Gasteiger partial charge in [0.15, 0.2) is 0 Å². The fraction of sp³-hybridized carbons (Fsp3) is 0.467. The maximum Gasteiger partial charge on any atom is 0.264 e. The Morgan fingerprint density at radius 1 is 1.50 bits per heavy atom. The second-order valence-corrected chi connectivity index (χ2v) is 7.11. The summed E-state index contributed by atoms with van der Waals surface area (Å²) in [4.78, 5) is 15.4. The smallest absolute Gasteiger partial charge is 0.264 e. The molecule has 2 aromatic rings. The third kappa shape index (κ3) is 2.50. The molecule has 7 heteroatoms. The molecule has 0 saturated carbocycles. The largest absolute Gasteiger partial charge is 0.481 e. The SMILES string of the molecule is COc1c([C@@H]2CCCN2C(=O)c2ccc(Cl)s2)c(C)nn1C. The summed E-state index contributed by atoms with van der Waals surface area (Å²) < 4.78 is 7.85. The lowest BCUT2D eigenvalue weighted by atomic mass is 10.0. The summed E-state index contributed by atoms with van der Waals surface area (Å²) in [7, 11) is 3.50. The van der Waals surface area contributed by atoms with Crippen molar-refractivity contribution in [3.05, 3.63) is 32.6 Å². The number of hydrogen-bond donors (Lipinski definition) is 0. The molecule has 0 aromatic carbocycles. The summed E-state index contributed by atoms with van der Waals surface area (Å²) >= 11 is 7.28. The van der Waals surface area contributed by atoms with Crippen LogP contribution in [0.25, 0.3) is 0 Å². The van der Waals surface area contributed by atoms with Crippen molar-refractivity contribution in [2.45, 2.75) is 25.8 Å². The minimum absolute atomic E-state index is 0.0111. The van der Waals surface area contributed by atoms with E-state index in [2.05, 4.69) is 5.10 Å². The van der Waals surface area contributed by atoms with Crippen LogP contribution >= 0.6 is 22.9 Å². The van der Waals surface area contributed by atoms with E-state index >= 15 is 0 Å². The summed E-state index contributed by atoms with van der Waals surface area (Å²) in [6, 6.07) is 3.57. The fourth-order valence-corrected chi connectivity index (χ4v) is 4.16. The first-order valence-electron chi connectivity index (χ1n) is 7.16. The van der Waals surface area contributed by atoms with E-state index in [4.69, 9.17) is 16.3 Å². The van der Waals surface area contributed by atoms with Crippen molar-refractivity contribution in [1.29, 1.82) is 0 Å². The number of rotatable bonds is 3. The van der Waals surface area contributed by atoms with Gasteiger partial charge in [0, 0.05) is 13.6 Å². The van der Waals surface area contributed by atoms with Gasteiger partial charge < -0.3 is 9.64 Å². The van der Waals surface area contributed by atoms with Crippen LogP contribution < -0.4 is 4.74 Å². The number of aryl methyl sites for hydroxylation is 2. The number of thiophene rings is 1. The molecule has 1 atom stereocenters. The number of nitrogens with zero attached hydrogens (tertiary/aromatic N) is 3. The van der Waals surface area contributed by atoms with Crippen molar-refractivity contribution in [3.63, 3.8) is 0 Å². The standard InChI is InChI=1S/C15H18ClN3O2S/c1-9-13(15(21-3)18(2)17-9)10-5-4-8-19(10)14(20)11-6-7-12(16)22-11/h6-7,10H,4-5,8H2,1-3H3/t10-/m0/s1. The quantitative estimate of drug-likeness (QED) is 0.860. The molecular formula is C15H18ClN3O2S. The maximum atomic E-state index is 12.8. The Morgan fingerprint density at radius 2 is 2.27 bits per heavy atom. The first-order chi connectivity index (χ1) is 10.5. The second kappa shape index (κ2) is 5.93. The lowest BCUT2D eigenvalue weighted by Crippen LogP contribution is -2.30. The zero-order valence-electron chi connectivity index (χ0n) is 12.8. The molecule has 1 fully saturated rings. The first-order valence-corrected chi connectivity index (χ1v) is 8.36. The first kappa shape index (κ1) is 15.4. The van der Waals surface area contributed by atoms with E-state index in [9.17, 15) is 4.79 Å². The van der Waals surface area contributed by atoms with Crippen LogP contribution in [0.2, 0.25) is 4.34 Å². The van der Waals surface area contributed by atoms with Crippen LogP contribution in [0.1, 0.15) is 39.8 Å². The fourth-order valence-electron chi connectivity index (χ4n) is 3.16. The third-order valence-corrected chi connectivity index (χ3v) is 5.26. The number of methoxy groups -OCH3 is 1. The molecule has 0 bridgehead atoms. The van der Waals surface area contributed by atoms with Crippen LogP contribution in [-0.4, -0.2) is 34.2 Å². The van der Waals surface area contributed by atoms with Gasteiger partial charge in [0.25, 0.3) is 5.91 Å². The Labute approximate surface area is 138 Å². The average molecular weight is 340 g/mol. The minimum Gasteiger partial charge on any atom is -0.481 e. The molecule has 0 aliphatic carbocycles. The number of carbonyl (C=O) groups is 1. The molecule has 1 amide bonds. The molecule has 0 unspecified atom stereocenters. The molecule has 1 saturated heterocycles. The highest BCUT2D eigenvalue weighted by atomic mass is 35.5. The predicted molar refractivity (Wildman–Crippen MR) is 86.8 cm³/mol. The predicted octanol–water partition coefficient (Wildman–Crippen LogP) is 3.43. The Bertz CT molecular complexity index is 710. The molecule has 0 N–H and O–H groups in total. The molecule has 1 aliphatic heterocycles. The number of aromatic nitrogens is 2. The molecule has 118 valence electrons. The number of likely N-dealkylation sites (tertiary alicyclic amines) is 1. The van der Waals surface area contributed by atoms with Crippen molar-refractivity contribution in [1.82, 2.24) is 14.7 Å². The zero-order valence-corrected chi connectivity index (χ0v) is 14.4. The minimum atomic E-state index is 0.0111. The van der Waals surface area contributed by atoms with Gasteiger partial charge in [0.2, 0.25) is 5.88 Å². The van der Waals surface area contributed by atoms with Gasteiger partial charge in [0.05, 0.1) is 33.6 Å². The molecule has 2 aromatic heterocycles. The summed E-state index contributed by atoms with van der Waals surface area (Å²) in [6.07, 6.45) is 1.90. The van der Waals surface area contributed by atoms with E-state index in [0.29, 0.717) is 9.21 Å². The Morgan fingerprint density at radius 3 is 2.91 bits per heavy atom. The van der Waals surface area contributed by atoms with Crippen molar-refractivity contribution >= 4 is 28.8 Å². The highest BCUT2D eigenvalue weighted by Crippen LogP contribution is 2.40. The molecule has 1 aliphatic rings. The highest BCUT2D eigenvalue weighted by molar-refractivity contribution is 7.17. The van der Waals surface area contributed by atoms with Crippen LogP contribution in [0.4, 0.5) is 0 Å². The average Bonchev–Trinajstić information content (AvgIpc) is 3.16. The van der Waals surface area contributed by atoms with Crippen molar-refractivity contribution in [3.8, 4) is 5.88 Å². The van der Waals surface area contributed by atoms with Crippen LogP contribution in [0.15, 0.2) is 12.1 Å². The number of carbonyl (C=O) groups excluding carboxylic acids is 1. The van der Waals surface area contributed by atoms with Gasteiger partial charge in [-0.25, -0.2) is 4.68 Å². The van der Waals surface area contributed by atoms with Gasteiger partial charge in [0.1, 0.15) is 0 Å². The molecular weight excluding hydrogens is 322 g/mol. The summed E-state index contributed by atoms with van der Waals surface area (Å²) in [5.41, 5.74) is 1.92. The number of hydrogen-bond acceptors (Lipinski definition) is 4. The summed E-state index contributed by atoms with van der Waals surface area (Å²) in [5.74, 6) is 0.760. The molecule has 22 heavy (non-hydrogen) atoms. The van der Waals surface area contributed by atoms with Gasteiger partial charge in [-0.3, -0.25) is 4.79 Å². The molecule has 5 nitrogen and oxygen atoms in total. The van der Waals surface area contributed by atoms with Gasteiger partial charge >= 0.3 is 0 Å². The number of amides is 1. The van der Waals surface area contributed by atoms with Crippen LogP contribution in [0.5, 0.6) is 5.88 Å². The highest BCUT2D eigenvalue weighted by Gasteiger charge is 2.35. The van der Waals surface area contributed by atoms with E-state index in [-0.39, 0.29) is 11.9 Å². The second-order valence-electron chi connectivity index (χ2n) is 5.39. The third-order valence-electron chi connectivity index (χ3n) is 4.04. The van der Waals surface area contributed by atoms with E-state index in [1.165, 1.54) is 11.3 Å². The van der Waals surface area contributed by atoms with Crippen molar-refractivity contribution < 1.29 is 9.53 Å². The summed E-state index contributed by atoms with van der Waals surface area (Å²) in [6.45, 7) is 2.71. The molecule has 0 spiro atoms. The Hall–Kier alpha value is -1.53. The Balaban J connectivity index is 1.95. The van der Waals surface area contributed by atoms with Crippen molar-refractivity contribution in [2.24, 2.45) is 7.05 Å². The van der Waals surface area contributed by atoms with E-state index in [1.807, 2.05) is 18.9 Å². The summed E-state index contributed by atoms with van der Waals surface area (Å²) in [5, 5.41) is 4.43. The van der Waals surface area contributed by atoms with Gasteiger partial charge in [-0.15, -0.1) is 11.3 Å². The number of ether oxygens (including phenoxy) is 1. The van der Waals surface area contributed by atoms with Crippen LogP contribution in [0.3, 0.4) is 0 Å². The molecule has 3 rings (SSSR count). The Kier molecular flexibility index (Phi) is 4.14. The lowest BCUT2D eigenvalue weighted by Gasteiger charge is -2.24. The van der Waals surface area contributed by atoms with Crippen LogP contribution in [-0.2, 0) is 7.05 Å². The van der Waals surface area contributed by atoms with Gasteiger partial charge in [-0.1, -0.05) is 11.6 Å². The van der Waals surface area contributed by atoms with E-state index in [1.54, 1.807) is 23.9 Å². The topological polar surface area (TPSA) is 47.4 Å². The zero-order chi connectivity index (χ0) is 15.9. The molecule has 0 radical (unpaired) electrons. The monoisotopic (exact) mass is 339 g/mol. The van der Waals surface area contributed by atoms with Gasteiger partial charge in [-0.05, 0) is 31.9 Å². The normalized spacial score (nSPS) is 18.0. The van der Waals surface area contributed by atoms with Crippen molar-refractivity contribution in [2.75, 3.05) is 13.7 Å². The number of halogens is 1. The van der Waals surface area contributed by atoms with E-state index < -0.39 is 0 Å².